The molecule has 0 spiro atoms. The molecule has 0 N–H and O–H groups in total. The number of nitrogens with zero attached hydrogens (tertiary/aromatic N) is 2. The van der Waals surface area contributed by atoms with Crippen molar-refractivity contribution in [2.45, 2.75) is 0 Å². The van der Waals surface area contributed by atoms with Crippen molar-refractivity contribution >= 4 is 22.0 Å². The van der Waals surface area contributed by atoms with E-state index in [2.05, 4.69) is 13.2 Å². The molecule has 28 heavy (non-hydrogen) atoms. The summed E-state index contributed by atoms with van der Waals surface area (Å²) in [5.41, 5.74) is 2.07. The Labute approximate surface area is 161 Å². The molecule has 6 nitrogen and oxygen atoms in total. The SMILES string of the molecule is C=C/C(=C(\C=C)[N+](=O)[O-])c1ccc2ccc(-c3ccccc3[N+](=O)[O-])cc2c1. The van der Waals surface area contributed by atoms with Gasteiger partial charge in [0.15, 0.2) is 0 Å². The number of benzene rings is 3. The van der Waals surface area contributed by atoms with E-state index in [1.165, 1.54) is 18.2 Å². The first kappa shape index (κ1) is 18.7. The first-order valence-corrected chi connectivity index (χ1v) is 8.37. The van der Waals surface area contributed by atoms with Crippen LogP contribution in [-0.2, 0) is 0 Å². The number of para-hydroxylation sites is 1. The molecule has 0 heterocycles. The van der Waals surface area contributed by atoms with Gasteiger partial charge >= 0.3 is 0 Å². The normalized spacial score (nSPS) is 11.6. The standard InChI is InChI=1S/C22H16N2O4/c1-3-19(21(4-2)23(25)26)16-11-9-15-10-12-17(14-18(15)13-16)20-7-5-6-8-22(20)24(27)28/h3-14H,1-2H2/b21-19-. The lowest BCUT2D eigenvalue weighted by atomic mass is 9.96. The summed E-state index contributed by atoms with van der Waals surface area (Å²) in [5.74, 6) is 0. The number of allylic oxidation sites excluding steroid dienone is 3. The Bertz CT molecular complexity index is 1160. The van der Waals surface area contributed by atoms with E-state index in [0.717, 1.165) is 10.8 Å². The Kier molecular flexibility index (Phi) is 5.13. The summed E-state index contributed by atoms with van der Waals surface area (Å²) in [6.07, 6.45) is 2.61. The Morgan fingerprint density at radius 3 is 2.21 bits per heavy atom. The van der Waals surface area contributed by atoms with Gasteiger partial charge in [-0.2, -0.15) is 0 Å². The molecular formula is C22H16N2O4. The monoisotopic (exact) mass is 372 g/mol. The molecule has 0 fully saturated rings. The third-order valence-electron chi connectivity index (χ3n) is 4.43. The lowest BCUT2D eigenvalue weighted by molar-refractivity contribution is -0.417. The quantitative estimate of drug-likeness (QED) is 0.312. The topological polar surface area (TPSA) is 86.3 Å². The van der Waals surface area contributed by atoms with Gasteiger partial charge in [-0.05, 0) is 40.1 Å². The van der Waals surface area contributed by atoms with E-state index >= 15 is 0 Å². The van der Waals surface area contributed by atoms with Crippen LogP contribution in [0.25, 0.3) is 27.5 Å². The van der Waals surface area contributed by atoms with Crippen LogP contribution in [0, 0.1) is 20.2 Å². The van der Waals surface area contributed by atoms with E-state index in [-0.39, 0.29) is 11.4 Å². The molecular weight excluding hydrogens is 356 g/mol. The molecule has 3 aromatic carbocycles. The van der Waals surface area contributed by atoms with E-state index in [4.69, 9.17) is 0 Å². The van der Waals surface area contributed by atoms with Gasteiger partial charge in [-0.1, -0.05) is 55.6 Å². The van der Waals surface area contributed by atoms with E-state index in [9.17, 15) is 20.2 Å². The van der Waals surface area contributed by atoms with Crippen molar-refractivity contribution in [3.05, 3.63) is 117 Å². The zero-order chi connectivity index (χ0) is 20.3. The van der Waals surface area contributed by atoms with Crippen LogP contribution in [0.4, 0.5) is 5.69 Å². The largest absolute Gasteiger partial charge is 0.277 e. The van der Waals surface area contributed by atoms with E-state index in [1.54, 1.807) is 30.3 Å². The molecule has 138 valence electrons. The van der Waals surface area contributed by atoms with Crippen molar-refractivity contribution in [3.8, 4) is 11.1 Å². The molecule has 0 bridgehead atoms. The Hall–Kier alpha value is -4.06. The molecule has 0 saturated carbocycles. The van der Waals surface area contributed by atoms with Crippen LogP contribution < -0.4 is 0 Å². The maximum absolute atomic E-state index is 11.3. The number of hydrogen-bond donors (Lipinski definition) is 0. The van der Waals surface area contributed by atoms with Crippen molar-refractivity contribution in [1.29, 1.82) is 0 Å². The zero-order valence-corrected chi connectivity index (χ0v) is 14.9. The summed E-state index contributed by atoms with van der Waals surface area (Å²) < 4.78 is 0. The Morgan fingerprint density at radius 1 is 0.857 bits per heavy atom. The lowest BCUT2D eigenvalue weighted by Crippen LogP contribution is -1.99. The van der Waals surface area contributed by atoms with E-state index in [1.807, 2.05) is 24.3 Å². The number of fused-ring (bicyclic) bond motifs is 1. The molecule has 3 aromatic rings. The van der Waals surface area contributed by atoms with Gasteiger partial charge in [-0.25, -0.2) is 0 Å². The molecule has 0 atom stereocenters. The highest BCUT2D eigenvalue weighted by atomic mass is 16.6. The maximum Gasteiger partial charge on any atom is 0.277 e. The van der Waals surface area contributed by atoms with Gasteiger partial charge in [0.25, 0.3) is 11.4 Å². The molecule has 0 aliphatic carbocycles. The van der Waals surface area contributed by atoms with Gasteiger partial charge in [0.1, 0.15) is 0 Å². The van der Waals surface area contributed by atoms with Gasteiger partial charge in [-0.3, -0.25) is 20.2 Å². The van der Waals surface area contributed by atoms with Crippen molar-refractivity contribution in [2.75, 3.05) is 0 Å². The number of nitro benzene ring substituents is 1. The molecule has 0 unspecified atom stereocenters. The molecule has 0 aliphatic rings. The summed E-state index contributed by atoms with van der Waals surface area (Å²) in [6.45, 7) is 7.19. The van der Waals surface area contributed by atoms with Gasteiger partial charge in [-0.15, -0.1) is 0 Å². The summed E-state index contributed by atoms with van der Waals surface area (Å²) in [5, 5.41) is 24.3. The molecule has 0 radical (unpaired) electrons. The maximum atomic E-state index is 11.3. The predicted molar refractivity (Wildman–Crippen MR) is 110 cm³/mol. The Morgan fingerprint density at radius 2 is 1.57 bits per heavy atom. The molecule has 0 aromatic heterocycles. The molecule has 3 rings (SSSR count). The minimum atomic E-state index is -0.502. The molecule has 6 heteroatoms. The fraction of sp³-hybridized carbons (Fsp3) is 0. The lowest BCUT2D eigenvalue weighted by Gasteiger charge is -2.08. The third-order valence-corrected chi connectivity index (χ3v) is 4.43. The average Bonchev–Trinajstić information content (AvgIpc) is 2.70. The van der Waals surface area contributed by atoms with Crippen molar-refractivity contribution in [1.82, 2.24) is 0 Å². The smallest absolute Gasteiger partial charge is 0.258 e. The number of hydrogen-bond acceptors (Lipinski definition) is 4. The minimum absolute atomic E-state index is 0.0203. The van der Waals surface area contributed by atoms with Crippen LogP contribution in [0.5, 0.6) is 0 Å². The van der Waals surface area contributed by atoms with Crippen LogP contribution in [0.2, 0.25) is 0 Å². The minimum Gasteiger partial charge on any atom is -0.258 e. The Balaban J connectivity index is 2.21. The fourth-order valence-corrected chi connectivity index (χ4v) is 3.11. The molecule has 0 saturated heterocycles. The second kappa shape index (κ2) is 7.67. The summed E-state index contributed by atoms with van der Waals surface area (Å²) in [7, 11) is 0. The molecule has 0 amide bonds. The summed E-state index contributed by atoms with van der Waals surface area (Å²) in [6, 6.07) is 17.5. The number of nitro groups is 2. The van der Waals surface area contributed by atoms with Gasteiger partial charge in [0, 0.05) is 12.1 Å². The first-order chi connectivity index (χ1) is 13.5. The number of rotatable bonds is 6. The van der Waals surface area contributed by atoms with Crippen molar-refractivity contribution in [2.24, 2.45) is 0 Å². The average molecular weight is 372 g/mol. The van der Waals surface area contributed by atoms with Crippen LogP contribution >= 0.6 is 0 Å². The highest BCUT2D eigenvalue weighted by molar-refractivity contribution is 5.92. The van der Waals surface area contributed by atoms with E-state index < -0.39 is 9.85 Å². The molecule has 0 aliphatic heterocycles. The first-order valence-electron chi connectivity index (χ1n) is 8.37. The van der Waals surface area contributed by atoms with Crippen molar-refractivity contribution in [3.63, 3.8) is 0 Å². The van der Waals surface area contributed by atoms with Gasteiger partial charge in [0.05, 0.1) is 21.0 Å². The van der Waals surface area contributed by atoms with Crippen LogP contribution in [-0.4, -0.2) is 9.85 Å². The van der Waals surface area contributed by atoms with Crippen LogP contribution in [0.15, 0.2) is 91.7 Å². The van der Waals surface area contributed by atoms with Crippen LogP contribution in [0.3, 0.4) is 0 Å². The van der Waals surface area contributed by atoms with Gasteiger partial charge < -0.3 is 0 Å². The highest BCUT2D eigenvalue weighted by Gasteiger charge is 2.16. The zero-order valence-electron chi connectivity index (χ0n) is 14.9. The van der Waals surface area contributed by atoms with Crippen LogP contribution in [0.1, 0.15) is 5.56 Å². The predicted octanol–water partition coefficient (Wildman–Crippen LogP) is 5.77. The van der Waals surface area contributed by atoms with E-state index in [0.29, 0.717) is 22.3 Å². The van der Waals surface area contributed by atoms with Crippen molar-refractivity contribution < 1.29 is 9.85 Å². The summed E-state index contributed by atoms with van der Waals surface area (Å²) >= 11 is 0. The second-order valence-corrected chi connectivity index (χ2v) is 6.02. The second-order valence-electron chi connectivity index (χ2n) is 6.02. The van der Waals surface area contributed by atoms with Gasteiger partial charge in [0.2, 0.25) is 0 Å². The fourth-order valence-electron chi connectivity index (χ4n) is 3.11. The third kappa shape index (κ3) is 3.43. The highest BCUT2D eigenvalue weighted by Crippen LogP contribution is 2.33. The summed E-state index contributed by atoms with van der Waals surface area (Å²) in [4.78, 5) is 21.7.